The van der Waals surface area contributed by atoms with E-state index >= 15 is 0 Å². The van der Waals surface area contributed by atoms with Crippen LogP contribution in [0.1, 0.15) is 45.4 Å². The molecule has 2 unspecified atom stereocenters. The molecule has 2 aliphatic rings. The van der Waals surface area contributed by atoms with Gasteiger partial charge in [-0.25, -0.2) is 0 Å². The number of nitrogens with one attached hydrogen (secondary N) is 1. The average molecular weight is 254 g/mol. The van der Waals surface area contributed by atoms with Crippen molar-refractivity contribution in [1.82, 2.24) is 10.2 Å². The Morgan fingerprint density at radius 1 is 1.11 bits per heavy atom. The van der Waals surface area contributed by atoms with Crippen LogP contribution in [0.25, 0.3) is 0 Å². The lowest BCUT2D eigenvalue weighted by atomic mass is 9.92. The molecule has 0 bridgehead atoms. The largest absolute Gasteiger partial charge is 0.372 e. The van der Waals surface area contributed by atoms with Crippen molar-refractivity contribution in [3.63, 3.8) is 0 Å². The van der Waals surface area contributed by atoms with Crippen LogP contribution in [0.3, 0.4) is 0 Å². The normalized spacial score (nSPS) is 31.0. The summed E-state index contributed by atoms with van der Waals surface area (Å²) in [5.41, 5.74) is 0. The van der Waals surface area contributed by atoms with E-state index in [1.807, 2.05) is 7.05 Å². The average Bonchev–Trinajstić information content (AvgIpc) is 2.80. The van der Waals surface area contributed by atoms with E-state index in [0.717, 1.165) is 12.5 Å². The van der Waals surface area contributed by atoms with Crippen LogP contribution in [-0.4, -0.2) is 50.3 Å². The number of hydrogen-bond donors (Lipinski definition) is 1. The number of likely N-dealkylation sites (tertiary alicyclic amines) is 1. The maximum atomic E-state index is 6.07. The third-order valence-electron chi connectivity index (χ3n) is 4.49. The van der Waals surface area contributed by atoms with Crippen LogP contribution in [0.2, 0.25) is 0 Å². The molecule has 2 fully saturated rings. The quantitative estimate of drug-likeness (QED) is 0.787. The molecule has 0 amide bonds. The fourth-order valence-corrected chi connectivity index (χ4v) is 3.45. The molecule has 3 heteroatoms. The maximum absolute atomic E-state index is 6.07. The second-order valence-corrected chi connectivity index (χ2v) is 6.05. The molecule has 2 rings (SSSR count). The first-order chi connectivity index (χ1) is 8.81. The van der Waals surface area contributed by atoms with E-state index in [0.29, 0.717) is 12.2 Å². The predicted octanol–water partition coefficient (Wildman–Crippen LogP) is 2.27. The fourth-order valence-electron chi connectivity index (χ4n) is 3.45. The number of ether oxygens (including phenoxy) is 1. The van der Waals surface area contributed by atoms with Crippen LogP contribution < -0.4 is 5.32 Å². The van der Waals surface area contributed by atoms with E-state index in [1.54, 1.807) is 0 Å². The highest BCUT2D eigenvalue weighted by Crippen LogP contribution is 2.24. The van der Waals surface area contributed by atoms with E-state index in [9.17, 15) is 0 Å². The lowest BCUT2D eigenvalue weighted by Gasteiger charge is -2.33. The third kappa shape index (κ3) is 4.22. The van der Waals surface area contributed by atoms with Gasteiger partial charge in [0.05, 0.1) is 12.2 Å². The Morgan fingerprint density at radius 2 is 1.83 bits per heavy atom. The van der Waals surface area contributed by atoms with Crippen molar-refractivity contribution in [2.24, 2.45) is 5.92 Å². The van der Waals surface area contributed by atoms with Gasteiger partial charge in [0.2, 0.25) is 0 Å². The minimum atomic E-state index is 0.456. The Morgan fingerprint density at radius 3 is 2.50 bits per heavy atom. The van der Waals surface area contributed by atoms with Crippen molar-refractivity contribution >= 4 is 0 Å². The molecule has 0 aromatic heterocycles. The van der Waals surface area contributed by atoms with E-state index in [-0.39, 0.29) is 0 Å². The number of piperidine rings is 1. The van der Waals surface area contributed by atoms with Gasteiger partial charge in [0.1, 0.15) is 0 Å². The molecule has 2 aliphatic heterocycles. The zero-order valence-electron chi connectivity index (χ0n) is 12.2. The van der Waals surface area contributed by atoms with Crippen LogP contribution in [-0.2, 0) is 4.74 Å². The predicted molar refractivity (Wildman–Crippen MR) is 75.9 cm³/mol. The standard InChI is InChI=1S/C15H30N2O/c1-3-4-13-7-9-17(10-8-13)12-15-6-5-14(18-15)11-16-2/h13-16H,3-12H2,1-2H3. The van der Waals surface area contributed by atoms with Gasteiger partial charge in [-0.05, 0) is 51.7 Å². The molecule has 0 aromatic carbocycles. The Hall–Kier alpha value is -0.120. The van der Waals surface area contributed by atoms with Crippen molar-refractivity contribution in [2.45, 2.75) is 57.7 Å². The van der Waals surface area contributed by atoms with Gasteiger partial charge in [0.25, 0.3) is 0 Å². The number of hydrogen-bond acceptors (Lipinski definition) is 3. The Bertz CT molecular complexity index is 227. The monoisotopic (exact) mass is 254 g/mol. The highest BCUT2D eigenvalue weighted by atomic mass is 16.5. The smallest absolute Gasteiger partial charge is 0.0707 e. The lowest BCUT2D eigenvalue weighted by molar-refractivity contribution is 0.0171. The summed E-state index contributed by atoms with van der Waals surface area (Å²) in [7, 11) is 2.01. The van der Waals surface area contributed by atoms with Crippen LogP contribution in [0.4, 0.5) is 0 Å². The van der Waals surface area contributed by atoms with Crippen LogP contribution in [0.15, 0.2) is 0 Å². The molecule has 0 radical (unpaired) electrons. The minimum absolute atomic E-state index is 0.456. The highest BCUT2D eigenvalue weighted by Gasteiger charge is 2.27. The molecule has 0 aliphatic carbocycles. The SMILES string of the molecule is CCCC1CCN(CC2CCC(CNC)O2)CC1. The molecule has 0 spiro atoms. The second-order valence-electron chi connectivity index (χ2n) is 6.05. The zero-order chi connectivity index (χ0) is 12.8. The fraction of sp³-hybridized carbons (Fsp3) is 1.00. The van der Waals surface area contributed by atoms with Gasteiger partial charge in [-0.1, -0.05) is 19.8 Å². The van der Waals surface area contributed by atoms with E-state index < -0.39 is 0 Å². The molecule has 2 atom stereocenters. The molecule has 0 aromatic rings. The number of likely N-dealkylation sites (N-methyl/N-ethyl adjacent to an activating group) is 1. The minimum Gasteiger partial charge on any atom is -0.372 e. The Labute approximate surface area is 112 Å². The molecular formula is C15H30N2O. The van der Waals surface area contributed by atoms with Crippen molar-refractivity contribution in [1.29, 1.82) is 0 Å². The first kappa shape index (κ1) is 14.3. The zero-order valence-corrected chi connectivity index (χ0v) is 12.2. The first-order valence-electron chi connectivity index (χ1n) is 7.84. The molecule has 2 saturated heterocycles. The van der Waals surface area contributed by atoms with Crippen LogP contribution >= 0.6 is 0 Å². The highest BCUT2D eigenvalue weighted by molar-refractivity contribution is 4.80. The van der Waals surface area contributed by atoms with Gasteiger partial charge in [0, 0.05) is 13.1 Å². The summed E-state index contributed by atoms with van der Waals surface area (Å²) in [6.45, 7) is 7.07. The first-order valence-corrected chi connectivity index (χ1v) is 7.84. The maximum Gasteiger partial charge on any atom is 0.0707 e. The summed E-state index contributed by atoms with van der Waals surface area (Å²) in [4.78, 5) is 2.62. The molecule has 2 heterocycles. The van der Waals surface area contributed by atoms with Gasteiger partial charge in [-0.15, -0.1) is 0 Å². The van der Waals surface area contributed by atoms with E-state index in [4.69, 9.17) is 4.74 Å². The lowest BCUT2D eigenvalue weighted by Crippen LogP contribution is -2.39. The summed E-state index contributed by atoms with van der Waals surface area (Å²) in [6, 6.07) is 0. The van der Waals surface area contributed by atoms with Crippen LogP contribution in [0, 0.1) is 5.92 Å². The van der Waals surface area contributed by atoms with Gasteiger partial charge in [-0.2, -0.15) is 0 Å². The van der Waals surface area contributed by atoms with Crippen LogP contribution in [0.5, 0.6) is 0 Å². The topological polar surface area (TPSA) is 24.5 Å². The van der Waals surface area contributed by atoms with E-state index in [1.165, 1.54) is 58.2 Å². The Kier molecular flexibility index (Phi) is 5.93. The van der Waals surface area contributed by atoms with Gasteiger partial charge in [-0.3, -0.25) is 0 Å². The van der Waals surface area contributed by atoms with Gasteiger partial charge < -0.3 is 15.0 Å². The Balaban J connectivity index is 1.63. The second kappa shape index (κ2) is 7.46. The summed E-state index contributed by atoms with van der Waals surface area (Å²) < 4.78 is 6.07. The molecule has 106 valence electrons. The third-order valence-corrected chi connectivity index (χ3v) is 4.49. The van der Waals surface area contributed by atoms with Gasteiger partial charge >= 0.3 is 0 Å². The number of rotatable bonds is 6. The number of nitrogens with zero attached hydrogens (tertiary/aromatic N) is 1. The van der Waals surface area contributed by atoms with Crippen molar-refractivity contribution in [3.8, 4) is 0 Å². The van der Waals surface area contributed by atoms with Crippen molar-refractivity contribution in [3.05, 3.63) is 0 Å². The van der Waals surface area contributed by atoms with Crippen molar-refractivity contribution < 1.29 is 4.74 Å². The molecule has 3 nitrogen and oxygen atoms in total. The summed E-state index contributed by atoms with van der Waals surface area (Å²) in [5.74, 6) is 0.993. The molecule has 1 N–H and O–H groups in total. The summed E-state index contributed by atoms with van der Waals surface area (Å²) in [6.07, 6.45) is 9.02. The summed E-state index contributed by atoms with van der Waals surface area (Å²) in [5, 5.41) is 3.22. The summed E-state index contributed by atoms with van der Waals surface area (Å²) >= 11 is 0. The van der Waals surface area contributed by atoms with Crippen molar-refractivity contribution in [2.75, 3.05) is 33.2 Å². The molecule has 18 heavy (non-hydrogen) atoms. The van der Waals surface area contributed by atoms with E-state index in [2.05, 4.69) is 17.1 Å². The molecular weight excluding hydrogens is 224 g/mol. The molecule has 0 saturated carbocycles. The van der Waals surface area contributed by atoms with Gasteiger partial charge in [0.15, 0.2) is 0 Å².